The number of carboxylic acid groups (broad SMARTS) is 1. The Morgan fingerprint density at radius 3 is 1.58 bits per heavy atom. The van der Waals surface area contributed by atoms with Crippen molar-refractivity contribution in [1.29, 1.82) is 0 Å². The van der Waals surface area contributed by atoms with Gasteiger partial charge in [-0.2, -0.15) is 0 Å². The molecule has 208 valence electrons. The van der Waals surface area contributed by atoms with Crippen molar-refractivity contribution in [2.24, 2.45) is 0 Å². The van der Waals surface area contributed by atoms with Gasteiger partial charge in [0.1, 0.15) is 0 Å². The highest BCUT2D eigenvalue weighted by Crippen LogP contribution is 2.32. The van der Waals surface area contributed by atoms with E-state index in [1.807, 2.05) is 30.3 Å². The Morgan fingerprint density at radius 1 is 0.667 bits per heavy atom. The fraction of sp³-hybridized carbons (Fsp3) is 0.727. The molecule has 0 atom stereocenters. The molecular formula is C33H58O3. The van der Waals surface area contributed by atoms with Crippen molar-refractivity contribution in [3.63, 3.8) is 0 Å². The van der Waals surface area contributed by atoms with Crippen LogP contribution in [0.5, 0.6) is 0 Å². The van der Waals surface area contributed by atoms with Crippen LogP contribution in [0.1, 0.15) is 155 Å². The van der Waals surface area contributed by atoms with Crippen molar-refractivity contribution in [2.75, 3.05) is 0 Å². The van der Waals surface area contributed by atoms with Crippen LogP contribution in [0.4, 0.5) is 0 Å². The van der Waals surface area contributed by atoms with E-state index in [2.05, 4.69) is 32.9 Å². The lowest BCUT2D eigenvalue weighted by Gasteiger charge is -2.28. The van der Waals surface area contributed by atoms with Crippen molar-refractivity contribution in [3.8, 4) is 0 Å². The largest absolute Gasteiger partial charge is 0.481 e. The fourth-order valence-electron chi connectivity index (χ4n) is 4.45. The fourth-order valence-corrected chi connectivity index (χ4v) is 4.45. The van der Waals surface area contributed by atoms with Gasteiger partial charge >= 0.3 is 5.97 Å². The maximum atomic E-state index is 10.7. The van der Waals surface area contributed by atoms with Crippen LogP contribution in [-0.4, -0.2) is 16.2 Å². The van der Waals surface area contributed by atoms with Crippen LogP contribution < -0.4 is 0 Å². The van der Waals surface area contributed by atoms with Crippen molar-refractivity contribution in [2.45, 2.75) is 155 Å². The number of benzene rings is 1. The average Bonchev–Trinajstić information content (AvgIpc) is 2.89. The van der Waals surface area contributed by atoms with Gasteiger partial charge in [0.25, 0.3) is 0 Å². The molecule has 1 aromatic rings. The van der Waals surface area contributed by atoms with Crippen molar-refractivity contribution in [3.05, 3.63) is 48.0 Å². The summed E-state index contributed by atoms with van der Waals surface area (Å²) in [5.74, 6) is -0.664. The molecule has 2 N–H and O–H groups in total. The van der Waals surface area contributed by atoms with Gasteiger partial charge in [0.2, 0.25) is 0 Å². The standard InChI is InChI=1S/C18H34O2.C15H24O/c1-2-3-4-5-6-7-8-9-10-11-12-13-14-15-16-17-18(19)20;1-3-5-12-15(16,13-6-4-2)14-10-8-7-9-11-14/h9-10H,2-8,11-17H2,1H3,(H,19,20);7-11,16H,3-6,12-13H2,1-2H3/b10-9-;. The van der Waals surface area contributed by atoms with Gasteiger partial charge in [0.05, 0.1) is 5.60 Å². The van der Waals surface area contributed by atoms with E-state index in [-0.39, 0.29) is 0 Å². The number of allylic oxidation sites excluding steroid dienone is 2. The predicted molar refractivity (Wildman–Crippen MR) is 156 cm³/mol. The first kappa shape index (κ1) is 34.4. The number of rotatable bonds is 22. The third kappa shape index (κ3) is 20.6. The quantitative estimate of drug-likeness (QED) is 0.122. The summed E-state index contributed by atoms with van der Waals surface area (Å²) in [6, 6.07) is 10.1. The van der Waals surface area contributed by atoms with E-state index in [0.717, 1.165) is 56.9 Å². The maximum absolute atomic E-state index is 10.7. The number of aliphatic carboxylic acids is 1. The van der Waals surface area contributed by atoms with E-state index in [9.17, 15) is 9.90 Å². The highest BCUT2D eigenvalue weighted by molar-refractivity contribution is 5.66. The summed E-state index contributed by atoms with van der Waals surface area (Å²) in [5, 5.41) is 19.3. The molecule has 0 aliphatic heterocycles. The molecule has 0 spiro atoms. The van der Waals surface area contributed by atoms with Gasteiger partial charge in [-0.05, 0) is 50.5 Å². The predicted octanol–water partition coefficient (Wildman–Crippen LogP) is 10.4. The van der Waals surface area contributed by atoms with Gasteiger partial charge in [0, 0.05) is 6.42 Å². The van der Waals surface area contributed by atoms with E-state index >= 15 is 0 Å². The van der Waals surface area contributed by atoms with Gasteiger partial charge in [0.15, 0.2) is 0 Å². The molecule has 0 aliphatic carbocycles. The Morgan fingerprint density at radius 2 is 1.11 bits per heavy atom. The molecule has 0 radical (unpaired) electrons. The molecule has 0 heterocycles. The first-order chi connectivity index (χ1) is 17.5. The average molecular weight is 503 g/mol. The molecule has 0 amide bonds. The molecule has 1 rings (SSSR count). The van der Waals surface area contributed by atoms with Gasteiger partial charge in [-0.3, -0.25) is 4.79 Å². The van der Waals surface area contributed by atoms with E-state index in [1.54, 1.807) is 0 Å². The normalized spacial score (nSPS) is 11.4. The smallest absolute Gasteiger partial charge is 0.303 e. The van der Waals surface area contributed by atoms with Crippen LogP contribution in [0.15, 0.2) is 42.5 Å². The molecular weight excluding hydrogens is 444 g/mol. The van der Waals surface area contributed by atoms with Gasteiger partial charge in [-0.25, -0.2) is 0 Å². The number of carboxylic acids is 1. The highest BCUT2D eigenvalue weighted by atomic mass is 16.4. The molecule has 0 saturated carbocycles. The Hall–Kier alpha value is -1.61. The van der Waals surface area contributed by atoms with Gasteiger partial charge in [-0.1, -0.05) is 140 Å². The molecule has 0 aromatic heterocycles. The molecule has 0 bridgehead atoms. The molecule has 0 saturated heterocycles. The summed E-state index contributed by atoms with van der Waals surface area (Å²) in [7, 11) is 0. The van der Waals surface area contributed by atoms with Gasteiger partial charge in [-0.15, -0.1) is 0 Å². The monoisotopic (exact) mass is 502 g/mol. The zero-order valence-corrected chi connectivity index (χ0v) is 24.0. The summed E-state index contributed by atoms with van der Waals surface area (Å²) in [4.78, 5) is 10.3. The molecule has 0 fully saturated rings. The lowest BCUT2D eigenvalue weighted by molar-refractivity contribution is -0.137. The molecule has 1 aromatic carbocycles. The zero-order valence-electron chi connectivity index (χ0n) is 24.0. The SMILES string of the molecule is CCCCC(O)(CCCC)c1ccccc1.CCCCCCCC/C=C\CCCCCCCC(=O)O. The van der Waals surface area contributed by atoms with Crippen LogP contribution in [0.3, 0.4) is 0 Å². The summed E-state index contributed by atoms with van der Waals surface area (Å²) in [6.45, 7) is 6.60. The summed E-state index contributed by atoms with van der Waals surface area (Å²) >= 11 is 0. The van der Waals surface area contributed by atoms with Crippen LogP contribution in [0, 0.1) is 0 Å². The second kappa shape index (κ2) is 25.1. The van der Waals surface area contributed by atoms with Crippen molar-refractivity contribution < 1.29 is 15.0 Å². The minimum Gasteiger partial charge on any atom is -0.481 e. The van der Waals surface area contributed by atoms with Gasteiger partial charge < -0.3 is 10.2 Å². The molecule has 0 aliphatic rings. The first-order valence-corrected chi connectivity index (χ1v) is 15.1. The Bertz CT molecular complexity index is 615. The van der Waals surface area contributed by atoms with E-state index in [4.69, 9.17) is 5.11 Å². The van der Waals surface area contributed by atoms with Crippen LogP contribution >= 0.6 is 0 Å². The van der Waals surface area contributed by atoms with Crippen LogP contribution in [-0.2, 0) is 10.4 Å². The van der Waals surface area contributed by atoms with Crippen molar-refractivity contribution in [1.82, 2.24) is 0 Å². The van der Waals surface area contributed by atoms with Crippen LogP contribution in [0.2, 0.25) is 0 Å². The van der Waals surface area contributed by atoms with Crippen LogP contribution in [0.25, 0.3) is 0 Å². The Balaban J connectivity index is 0.000000696. The minimum absolute atomic E-state index is 0.332. The number of aliphatic hydroxyl groups is 1. The Kier molecular flexibility index (Phi) is 23.9. The number of carbonyl (C=O) groups is 1. The second-order valence-electron chi connectivity index (χ2n) is 10.3. The Labute approximate surface area is 223 Å². The van der Waals surface area contributed by atoms with E-state index in [0.29, 0.717) is 6.42 Å². The second-order valence-corrected chi connectivity index (χ2v) is 10.3. The molecule has 3 heteroatoms. The number of unbranched alkanes of at least 4 members (excludes halogenated alkanes) is 13. The summed E-state index contributed by atoms with van der Waals surface area (Å²) in [6.07, 6.45) is 27.5. The highest BCUT2D eigenvalue weighted by Gasteiger charge is 2.27. The number of hydrogen-bond acceptors (Lipinski definition) is 2. The summed E-state index contributed by atoms with van der Waals surface area (Å²) < 4.78 is 0. The maximum Gasteiger partial charge on any atom is 0.303 e. The first-order valence-electron chi connectivity index (χ1n) is 15.1. The summed E-state index contributed by atoms with van der Waals surface area (Å²) in [5.41, 5.74) is 0.477. The lowest BCUT2D eigenvalue weighted by Crippen LogP contribution is -2.25. The zero-order chi connectivity index (χ0) is 26.7. The topological polar surface area (TPSA) is 57.5 Å². The minimum atomic E-state index is -0.664. The third-order valence-corrected chi connectivity index (χ3v) is 6.85. The molecule has 0 unspecified atom stereocenters. The third-order valence-electron chi connectivity index (χ3n) is 6.85. The van der Waals surface area contributed by atoms with Crippen molar-refractivity contribution >= 4 is 5.97 Å². The number of hydrogen-bond donors (Lipinski definition) is 2. The molecule has 3 nitrogen and oxygen atoms in total. The van der Waals surface area contributed by atoms with E-state index in [1.165, 1.54) is 70.6 Å². The van der Waals surface area contributed by atoms with E-state index < -0.39 is 11.6 Å². The lowest BCUT2D eigenvalue weighted by atomic mass is 9.84. The molecule has 36 heavy (non-hydrogen) atoms.